The fourth-order valence-corrected chi connectivity index (χ4v) is 4.28. The lowest BCUT2D eigenvalue weighted by Crippen LogP contribution is -2.52. The maximum absolute atomic E-state index is 12.5. The highest BCUT2D eigenvalue weighted by Gasteiger charge is 2.35. The van der Waals surface area contributed by atoms with Gasteiger partial charge in [-0.3, -0.25) is 9.52 Å². The zero-order chi connectivity index (χ0) is 19.5. The van der Waals surface area contributed by atoms with Crippen molar-refractivity contribution in [2.24, 2.45) is 5.73 Å². The van der Waals surface area contributed by atoms with E-state index < -0.39 is 15.6 Å². The van der Waals surface area contributed by atoms with E-state index in [0.29, 0.717) is 24.2 Å². The monoisotopic (exact) mass is 387 g/mol. The normalized spacial score (nSPS) is 16.5. The topological polar surface area (TPSA) is 101 Å². The summed E-state index contributed by atoms with van der Waals surface area (Å²) in [6.07, 6.45) is 4.41. The van der Waals surface area contributed by atoms with Gasteiger partial charge in [-0.15, -0.1) is 0 Å². The maximum Gasteiger partial charge on any atom is 0.261 e. The van der Waals surface area contributed by atoms with E-state index in [9.17, 15) is 13.2 Å². The smallest absolute Gasteiger partial charge is 0.261 e. The number of nitrogens with two attached hydrogens (primary N) is 1. The van der Waals surface area contributed by atoms with Crippen molar-refractivity contribution in [3.05, 3.63) is 54.1 Å². The fraction of sp³-hybridized carbons (Fsp3) is 0.350. The lowest BCUT2D eigenvalue weighted by atomic mass is 9.82. The number of carbonyl (C=O) groups is 1. The first kappa shape index (κ1) is 19.4. The van der Waals surface area contributed by atoms with E-state index in [1.54, 1.807) is 48.5 Å². The quantitative estimate of drug-likeness (QED) is 0.732. The number of aryl methyl sites for hydroxylation is 1. The summed E-state index contributed by atoms with van der Waals surface area (Å²) in [7, 11) is -3.65. The van der Waals surface area contributed by atoms with Crippen LogP contribution in [0.5, 0.6) is 0 Å². The molecule has 1 saturated carbocycles. The van der Waals surface area contributed by atoms with Gasteiger partial charge < -0.3 is 11.1 Å². The Morgan fingerprint density at radius 3 is 2.07 bits per heavy atom. The van der Waals surface area contributed by atoms with Crippen LogP contribution in [0.25, 0.3) is 0 Å². The number of rotatable bonds is 5. The molecule has 27 heavy (non-hydrogen) atoms. The Labute approximate surface area is 160 Å². The van der Waals surface area contributed by atoms with Crippen LogP contribution in [0, 0.1) is 6.92 Å². The summed E-state index contributed by atoms with van der Waals surface area (Å²) in [5.41, 5.74) is 7.43. The van der Waals surface area contributed by atoms with Gasteiger partial charge in [0, 0.05) is 11.4 Å². The molecule has 4 N–H and O–H groups in total. The van der Waals surface area contributed by atoms with E-state index >= 15 is 0 Å². The molecule has 0 aliphatic heterocycles. The Balaban J connectivity index is 1.66. The summed E-state index contributed by atoms with van der Waals surface area (Å²) in [5.74, 6) is -0.185. The van der Waals surface area contributed by atoms with Gasteiger partial charge in [0.05, 0.1) is 10.4 Å². The predicted molar refractivity (Wildman–Crippen MR) is 107 cm³/mol. The first-order valence-corrected chi connectivity index (χ1v) is 10.6. The van der Waals surface area contributed by atoms with Crippen LogP contribution in [0.2, 0.25) is 0 Å². The second kappa shape index (κ2) is 7.70. The average molecular weight is 388 g/mol. The first-order valence-electron chi connectivity index (χ1n) is 9.08. The fourth-order valence-electron chi connectivity index (χ4n) is 3.22. The molecule has 0 aromatic heterocycles. The van der Waals surface area contributed by atoms with E-state index in [1.807, 2.05) is 6.92 Å². The molecule has 0 unspecified atom stereocenters. The van der Waals surface area contributed by atoms with Crippen molar-refractivity contribution in [2.45, 2.75) is 49.5 Å². The average Bonchev–Trinajstić information content (AvgIpc) is 2.64. The Morgan fingerprint density at radius 1 is 0.926 bits per heavy atom. The van der Waals surface area contributed by atoms with Gasteiger partial charge in [0.25, 0.3) is 10.0 Å². The molecule has 3 rings (SSSR count). The summed E-state index contributed by atoms with van der Waals surface area (Å²) in [6, 6.07) is 13.2. The number of nitrogens with one attached hydrogen (secondary N) is 2. The summed E-state index contributed by atoms with van der Waals surface area (Å²) in [5, 5.41) is 2.84. The Hall–Kier alpha value is -2.38. The van der Waals surface area contributed by atoms with E-state index in [0.717, 1.165) is 24.8 Å². The van der Waals surface area contributed by atoms with Crippen LogP contribution >= 0.6 is 0 Å². The molecule has 1 aliphatic rings. The van der Waals surface area contributed by atoms with Crippen molar-refractivity contribution < 1.29 is 13.2 Å². The first-order chi connectivity index (χ1) is 12.8. The molecule has 1 aliphatic carbocycles. The molecule has 1 amide bonds. The van der Waals surface area contributed by atoms with Gasteiger partial charge in [0.1, 0.15) is 0 Å². The second-order valence-corrected chi connectivity index (χ2v) is 8.85. The molecule has 2 aromatic rings. The highest BCUT2D eigenvalue weighted by atomic mass is 32.2. The van der Waals surface area contributed by atoms with E-state index in [1.165, 1.54) is 0 Å². The number of anilines is 2. The zero-order valence-electron chi connectivity index (χ0n) is 15.4. The van der Waals surface area contributed by atoms with Crippen LogP contribution in [0.4, 0.5) is 11.4 Å². The lowest BCUT2D eigenvalue weighted by Gasteiger charge is -2.31. The van der Waals surface area contributed by atoms with Gasteiger partial charge in [0.15, 0.2) is 0 Å². The molecule has 6 nitrogen and oxygen atoms in total. The van der Waals surface area contributed by atoms with Crippen LogP contribution in [-0.2, 0) is 14.8 Å². The highest BCUT2D eigenvalue weighted by molar-refractivity contribution is 7.92. The van der Waals surface area contributed by atoms with Crippen LogP contribution in [0.15, 0.2) is 53.4 Å². The van der Waals surface area contributed by atoms with Gasteiger partial charge in [-0.05, 0) is 56.2 Å². The minimum absolute atomic E-state index is 0.185. The molecule has 0 heterocycles. The van der Waals surface area contributed by atoms with Crippen molar-refractivity contribution in [1.29, 1.82) is 0 Å². The molecule has 1 fully saturated rings. The maximum atomic E-state index is 12.5. The van der Waals surface area contributed by atoms with Gasteiger partial charge >= 0.3 is 0 Å². The van der Waals surface area contributed by atoms with E-state index in [-0.39, 0.29) is 10.8 Å². The molecule has 7 heteroatoms. The molecule has 0 radical (unpaired) electrons. The van der Waals surface area contributed by atoms with Crippen molar-refractivity contribution in [3.63, 3.8) is 0 Å². The number of hydrogen-bond acceptors (Lipinski definition) is 4. The molecule has 0 bridgehead atoms. The second-order valence-electron chi connectivity index (χ2n) is 7.17. The Kier molecular flexibility index (Phi) is 5.53. The van der Waals surface area contributed by atoms with Crippen LogP contribution in [-0.4, -0.2) is 19.9 Å². The van der Waals surface area contributed by atoms with Crippen LogP contribution in [0.3, 0.4) is 0 Å². The molecular weight excluding hydrogens is 362 g/mol. The Bertz CT molecular complexity index is 900. The number of sulfonamides is 1. The predicted octanol–water partition coefficient (Wildman–Crippen LogP) is 3.40. The number of amides is 1. The third-order valence-electron chi connectivity index (χ3n) is 4.92. The summed E-state index contributed by atoms with van der Waals surface area (Å²) in [4.78, 5) is 12.7. The van der Waals surface area contributed by atoms with Crippen molar-refractivity contribution in [1.82, 2.24) is 0 Å². The number of carbonyl (C=O) groups excluding carboxylic acids is 1. The minimum Gasteiger partial charge on any atom is -0.324 e. The largest absolute Gasteiger partial charge is 0.324 e. The highest BCUT2D eigenvalue weighted by Crippen LogP contribution is 2.27. The van der Waals surface area contributed by atoms with Crippen LogP contribution in [0.1, 0.15) is 37.7 Å². The molecular formula is C20H25N3O3S. The van der Waals surface area contributed by atoms with Crippen molar-refractivity contribution >= 4 is 27.3 Å². The molecule has 2 aromatic carbocycles. The van der Waals surface area contributed by atoms with E-state index in [4.69, 9.17) is 5.73 Å². The van der Waals surface area contributed by atoms with Gasteiger partial charge in [-0.1, -0.05) is 37.0 Å². The van der Waals surface area contributed by atoms with Gasteiger partial charge in [0.2, 0.25) is 5.91 Å². The molecule has 0 atom stereocenters. The summed E-state index contributed by atoms with van der Waals surface area (Å²) in [6.45, 7) is 1.90. The zero-order valence-corrected chi connectivity index (χ0v) is 16.2. The minimum atomic E-state index is -3.65. The number of hydrogen-bond donors (Lipinski definition) is 3. The summed E-state index contributed by atoms with van der Waals surface area (Å²) < 4.78 is 27.4. The van der Waals surface area contributed by atoms with Crippen molar-refractivity contribution in [3.8, 4) is 0 Å². The van der Waals surface area contributed by atoms with Crippen LogP contribution < -0.4 is 15.8 Å². The summed E-state index contributed by atoms with van der Waals surface area (Å²) >= 11 is 0. The third-order valence-corrected chi connectivity index (χ3v) is 6.32. The Morgan fingerprint density at radius 2 is 1.48 bits per heavy atom. The molecule has 144 valence electrons. The van der Waals surface area contributed by atoms with Crippen molar-refractivity contribution in [2.75, 3.05) is 10.0 Å². The van der Waals surface area contributed by atoms with Gasteiger partial charge in [-0.25, -0.2) is 8.42 Å². The third kappa shape index (κ3) is 4.67. The SMILES string of the molecule is Cc1ccc(S(=O)(=O)Nc2ccc(NC(=O)C3(N)CCCCC3)cc2)cc1. The van der Waals surface area contributed by atoms with Gasteiger partial charge in [-0.2, -0.15) is 0 Å². The number of benzene rings is 2. The molecule has 0 spiro atoms. The van der Waals surface area contributed by atoms with E-state index in [2.05, 4.69) is 10.0 Å². The standard InChI is InChI=1S/C20H25N3O3S/c1-15-5-11-18(12-6-15)27(25,26)23-17-9-7-16(8-10-17)22-19(24)20(21)13-3-2-4-14-20/h5-12,23H,2-4,13-14,21H2,1H3,(H,22,24). The molecule has 0 saturated heterocycles. The lowest BCUT2D eigenvalue weighted by molar-refractivity contribution is -0.122.